The molecule has 1 N–H and O–H groups in total. The van der Waals surface area contributed by atoms with Crippen LogP contribution in [0.3, 0.4) is 0 Å². The summed E-state index contributed by atoms with van der Waals surface area (Å²) in [4.78, 5) is 22.5. The predicted octanol–water partition coefficient (Wildman–Crippen LogP) is 2.46. The van der Waals surface area contributed by atoms with Gasteiger partial charge in [-0.2, -0.15) is 13.2 Å². The minimum atomic E-state index is -4.89. The fraction of sp³-hybridized carbons (Fsp3) is 0.750. The minimum Gasteiger partial charge on any atom is -0.463 e. The lowest BCUT2D eigenvalue weighted by Gasteiger charge is -2.09. The number of carbonyl (C=O) groups excluding carboxylic acids is 2. The summed E-state index contributed by atoms with van der Waals surface area (Å²) in [5, 5.41) is 1.68. The summed E-state index contributed by atoms with van der Waals surface area (Å²) < 4.78 is 45.9. The molecular formula is C16H24F3NO4. The van der Waals surface area contributed by atoms with Gasteiger partial charge in [0.05, 0.1) is 19.1 Å². The highest BCUT2D eigenvalue weighted by Crippen LogP contribution is 2.59. The van der Waals surface area contributed by atoms with E-state index in [9.17, 15) is 22.8 Å². The number of ether oxygens (including phenoxy) is 2. The first-order valence-corrected chi connectivity index (χ1v) is 7.72. The first-order chi connectivity index (χ1) is 11.0. The number of esters is 1. The van der Waals surface area contributed by atoms with Gasteiger partial charge in [0.25, 0.3) is 0 Å². The Balaban J connectivity index is 2.15. The van der Waals surface area contributed by atoms with Crippen LogP contribution in [0.2, 0.25) is 0 Å². The van der Waals surface area contributed by atoms with Crippen molar-refractivity contribution in [3.8, 4) is 0 Å². The molecule has 138 valence electrons. The van der Waals surface area contributed by atoms with E-state index >= 15 is 0 Å². The lowest BCUT2D eigenvalue weighted by Crippen LogP contribution is -2.38. The molecule has 1 aliphatic carbocycles. The Labute approximate surface area is 139 Å². The van der Waals surface area contributed by atoms with Crippen LogP contribution in [0.4, 0.5) is 13.2 Å². The highest BCUT2D eigenvalue weighted by atomic mass is 19.4. The maximum atomic E-state index is 12.0. The van der Waals surface area contributed by atoms with Crippen molar-refractivity contribution < 1.29 is 32.2 Å². The predicted molar refractivity (Wildman–Crippen MR) is 81.0 cm³/mol. The molecule has 24 heavy (non-hydrogen) atoms. The second-order valence-electron chi connectivity index (χ2n) is 6.60. The molecule has 2 unspecified atom stereocenters. The molecule has 0 radical (unpaired) electrons. The average molecular weight is 351 g/mol. The van der Waals surface area contributed by atoms with Crippen molar-refractivity contribution in [2.45, 2.75) is 33.9 Å². The number of allylic oxidation sites excluding steroid dienone is 2. The smallest absolute Gasteiger partial charge is 0.463 e. The van der Waals surface area contributed by atoms with E-state index < -0.39 is 12.1 Å². The summed E-state index contributed by atoms with van der Waals surface area (Å²) in [7, 11) is 0. The van der Waals surface area contributed by atoms with E-state index in [1.54, 1.807) is 5.32 Å². The van der Waals surface area contributed by atoms with E-state index in [0.717, 1.165) is 5.57 Å². The van der Waals surface area contributed by atoms with Gasteiger partial charge in [-0.05, 0) is 25.2 Å². The van der Waals surface area contributed by atoms with Crippen LogP contribution in [0.25, 0.3) is 0 Å². The van der Waals surface area contributed by atoms with Gasteiger partial charge in [-0.15, -0.1) is 0 Å². The number of hydrogen-bond acceptors (Lipinski definition) is 4. The third-order valence-electron chi connectivity index (χ3n) is 3.94. The van der Waals surface area contributed by atoms with Crippen LogP contribution in [0.15, 0.2) is 11.6 Å². The van der Waals surface area contributed by atoms with Crippen LogP contribution in [-0.4, -0.2) is 44.4 Å². The summed E-state index contributed by atoms with van der Waals surface area (Å²) in [5.41, 5.74) is 1.02. The average Bonchev–Trinajstić information content (AvgIpc) is 2.96. The largest absolute Gasteiger partial charge is 0.471 e. The van der Waals surface area contributed by atoms with Gasteiger partial charge in [0.15, 0.2) is 0 Å². The molecule has 8 heteroatoms. The molecular weight excluding hydrogens is 327 g/mol. The molecule has 0 spiro atoms. The molecule has 0 aromatic rings. The topological polar surface area (TPSA) is 64.6 Å². The van der Waals surface area contributed by atoms with Gasteiger partial charge in [-0.25, -0.2) is 0 Å². The molecule has 5 nitrogen and oxygen atoms in total. The summed E-state index contributed by atoms with van der Waals surface area (Å²) >= 11 is 0. The van der Waals surface area contributed by atoms with E-state index in [1.807, 2.05) is 27.7 Å². The van der Waals surface area contributed by atoms with Crippen LogP contribution in [0.5, 0.6) is 0 Å². The first kappa shape index (κ1) is 20.5. The van der Waals surface area contributed by atoms with E-state index in [0.29, 0.717) is 0 Å². The van der Waals surface area contributed by atoms with Gasteiger partial charge in [-0.1, -0.05) is 25.5 Å². The van der Waals surface area contributed by atoms with E-state index in [4.69, 9.17) is 9.47 Å². The summed E-state index contributed by atoms with van der Waals surface area (Å²) in [5.74, 6) is -2.32. The molecule has 0 aromatic heterocycles. The Morgan fingerprint density at radius 3 is 2.33 bits per heavy atom. The number of rotatable bonds is 8. The number of alkyl halides is 3. The van der Waals surface area contributed by atoms with E-state index in [1.165, 1.54) is 0 Å². The number of carbonyl (C=O) groups is 2. The van der Waals surface area contributed by atoms with Crippen molar-refractivity contribution in [1.82, 2.24) is 5.32 Å². The Morgan fingerprint density at radius 2 is 1.79 bits per heavy atom. The van der Waals surface area contributed by atoms with Gasteiger partial charge in [-0.3, -0.25) is 9.59 Å². The van der Waals surface area contributed by atoms with Crippen molar-refractivity contribution in [2.75, 3.05) is 26.4 Å². The van der Waals surface area contributed by atoms with Gasteiger partial charge < -0.3 is 14.8 Å². The number of amides is 1. The normalized spacial score (nSPS) is 21.8. The first-order valence-electron chi connectivity index (χ1n) is 7.72. The van der Waals surface area contributed by atoms with Gasteiger partial charge in [0.2, 0.25) is 0 Å². The van der Waals surface area contributed by atoms with E-state index in [2.05, 4.69) is 6.08 Å². The third kappa shape index (κ3) is 5.81. The van der Waals surface area contributed by atoms with Gasteiger partial charge in [0, 0.05) is 6.54 Å². The minimum absolute atomic E-state index is 0.0279. The second kappa shape index (κ2) is 8.00. The third-order valence-corrected chi connectivity index (χ3v) is 3.94. The van der Waals surface area contributed by atoms with Crippen molar-refractivity contribution in [1.29, 1.82) is 0 Å². The molecule has 2 atom stereocenters. The zero-order valence-corrected chi connectivity index (χ0v) is 14.3. The van der Waals surface area contributed by atoms with Crippen molar-refractivity contribution >= 4 is 11.9 Å². The maximum absolute atomic E-state index is 12.0. The lowest BCUT2D eigenvalue weighted by atomic mass is 10.1. The molecule has 1 rings (SSSR count). The Morgan fingerprint density at radius 1 is 1.17 bits per heavy atom. The lowest BCUT2D eigenvalue weighted by molar-refractivity contribution is -0.173. The maximum Gasteiger partial charge on any atom is 0.471 e. The van der Waals surface area contributed by atoms with Gasteiger partial charge in [0.1, 0.15) is 6.61 Å². The van der Waals surface area contributed by atoms with E-state index in [-0.39, 0.29) is 49.6 Å². The summed E-state index contributed by atoms with van der Waals surface area (Å²) in [6.45, 7) is 7.70. The Hall–Kier alpha value is -1.57. The molecule has 0 aliphatic heterocycles. The number of halogens is 3. The second-order valence-corrected chi connectivity index (χ2v) is 6.60. The standard InChI is InChI=1S/C16H24F3NO4/c1-10(2)9-11-12(15(11,3)4)13(21)24-8-7-23-6-5-20-14(22)16(17,18)19/h9,11-12H,5-8H2,1-4H3,(H,20,22). The molecule has 1 saturated carbocycles. The molecule has 1 fully saturated rings. The molecule has 0 saturated heterocycles. The molecule has 1 aliphatic rings. The highest BCUT2D eigenvalue weighted by Gasteiger charge is 2.61. The number of nitrogens with one attached hydrogen (secondary N) is 1. The van der Waals surface area contributed by atoms with Crippen LogP contribution in [-0.2, 0) is 19.1 Å². The summed E-state index contributed by atoms with van der Waals surface area (Å²) in [6.07, 6.45) is -2.83. The summed E-state index contributed by atoms with van der Waals surface area (Å²) in [6, 6.07) is 0. The number of hydrogen-bond donors (Lipinski definition) is 1. The quantitative estimate of drug-likeness (QED) is 0.414. The molecule has 0 aromatic carbocycles. The molecule has 0 heterocycles. The van der Waals surface area contributed by atoms with Crippen LogP contribution >= 0.6 is 0 Å². The van der Waals surface area contributed by atoms with Crippen LogP contribution in [0.1, 0.15) is 27.7 Å². The van der Waals surface area contributed by atoms with Crippen molar-refractivity contribution in [3.63, 3.8) is 0 Å². The Kier molecular flexibility index (Phi) is 6.83. The monoisotopic (exact) mass is 351 g/mol. The van der Waals surface area contributed by atoms with Gasteiger partial charge >= 0.3 is 18.1 Å². The molecule has 1 amide bonds. The fourth-order valence-corrected chi connectivity index (χ4v) is 2.53. The van der Waals surface area contributed by atoms with Crippen molar-refractivity contribution in [2.24, 2.45) is 17.3 Å². The zero-order valence-electron chi connectivity index (χ0n) is 14.3. The van der Waals surface area contributed by atoms with Crippen molar-refractivity contribution in [3.05, 3.63) is 11.6 Å². The Bertz CT molecular complexity index is 496. The fourth-order valence-electron chi connectivity index (χ4n) is 2.53. The molecule has 0 bridgehead atoms. The zero-order chi connectivity index (χ0) is 18.5. The van der Waals surface area contributed by atoms with Crippen LogP contribution in [0, 0.1) is 17.3 Å². The highest BCUT2D eigenvalue weighted by molar-refractivity contribution is 5.81. The van der Waals surface area contributed by atoms with Crippen LogP contribution < -0.4 is 5.32 Å². The SMILES string of the molecule is CC(C)=CC1C(C(=O)OCCOCCNC(=O)C(F)(F)F)C1(C)C.